The molecule has 0 fully saturated rings. The Bertz CT molecular complexity index is 1090. The van der Waals surface area contributed by atoms with Crippen LogP contribution in [0.4, 0.5) is 0 Å². The second-order valence-corrected chi connectivity index (χ2v) is 6.26. The van der Waals surface area contributed by atoms with Gasteiger partial charge >= 0.3 is 5.97 Å². The van der Waals surface area contributed by atoms with Gasteiger partial charge in [0.05, 0.1) is 12.5 Å². The third kappa shape index (κ3) is 3.85. The van der Waals surface area contributed by atoms with Crippen molar-refractivity contribution in [2.75, 3.05) is 14.2 Å². The Morgan fingerprint density at radius 2 is 1.75 bits per heavy atom. The molecule has 2 aromatic carbocycles. The minimum atomic E-state index is -1.26. The van der Waals surface area contributed by atoms with Crippen molar-refractivity contribution in [3.8, 4) is 5.75 Å². The van der Waals surface area contributed by atoms with Crippen LogP contribution in [0, 0.1) is 0 Å². The van der Waals surface area contributed by atoms with Gasteiger partial charge in [-0.1, -0.05) is 30.3 Å². The number of carboxylic acids is 1. The van der Waals surface area contributed by atoms with Gasteiger partial charge in [-0.3, -0.25) is 9.59 Å². The number of aromatic carboxylic acids is 1. The molecule has 8 nitrogen and oxygen atoms in total. The van der Waals surface area contributed by atoms with Crippen LogP contribution in [0.3, 0.4) is 0 Å². The van der Waals surface area contributed by atoms with E-state index < -0.39 is 11.5 Å². The number of benzene rings is 2. The molecule has 0 spiro atoms. The third-order valence-corrected chi connectivity index (χ3v) is 4.36. The summed E-state index contributed by atoms with van der Waals surface area (Å²) in [7, 11) is 3.18. The summed E-state index contributed by atoms with van der Waals surface area (Å²) in [4.78, 5) is 38.1. The van der Waals surface area contributed by atoms with Gasteiger partial charge in [0.1, 0.15) is 12.3 Å². The van der Waals surface area contributed by atoms with Crippen molar-refractivity contribution in [1.82, 2.24) is 14.7 Å². The number of amides is 1. The molecule has 0 unspecified atom stereocenters. The average molecular weight is 381 g/mol. The van der Waals surface area contributed by atoms with Gasteiger partial charge in [-0.2, -0.15) is 5.10 Å². The number of nitrogens with zero attached hydrogens (tertiary/aromatic N) is 3. The number of carbonyl (C=O) groups excluding carboxylic acids is 1. The van der Waals surface area contributed by atoms with Crippen LogP contribution in [0.2, 0.25) is 0 Å². The molecule has 0 bridgehead atoms. The van der Waals surface area contributed by atoms with Crippen LogP contribution in [-0.2, 0) is 17.9 Å². The number of carbonyl (C=O) groups is 2. The van der Waals surface area contributed by atoms with E-state index in [1.165, 1.54) is 17.0 Å². The highest BCUT2D eigenvalue weighted by Gasteiger charge is 2.18. The van der Waals surface area contributed by atoms with Crippen molar-refractivity contribution in [2.24, 2.45) is 0 Å². The standard InChI is InChI=1S/C20H19N3O5/c1-22(11-13-7-9-14(28-2)10-8-13)17(24)12-23-19(25)16-6-4-3-5-15(16)18(21-23)20(26)27/h3-10H,11-12H2,1-2H3,(H,26,27). The maximum atomic E-state index is 12.6. The summed E-state index contributed by atoms with van der Waals surface area (Å²) < 4.78 is 6.01. The van der Waals surface area contributed by atoms with E-state index in [0.717, 1.165) is 10.2 Å². The van der Waals surface area contributed by atoms with Crippen molar-refractivity contribution < 1.29 is 19.4 Å². The minimum absolute atomic E-state index is 0.209. The number of hydrogen-bond acceptors (Lipinski definition) is 5. The average Bonchev–Trinajstić information content (AvgIpc) is 2.70. The molecule has 1 aromatic heterocycles. The molecule has 0 aliphatic carbocycles. The molecule has 8 heteroatoms. The summed E-state index contributed by atoms with van der Waals surface area (Å²) in [5, 5.41) is 13.7. The molecule has 3 rings (SSSR count). The normalized spacial score (nSPS) is 10.6. The Morgan fingerprint density at radius 1 is 1.11 bits per heavy atom. The molecule has 1 N–H and O–H groups in total. The zero-order valence-electron chi connectivity index (χ0n) is 15.5. The van der Waals surface area contributed by atoms with Crippen LogP contribution < -0.4 is 10.3 Å². The molecule has 0 aliphatic heterocycles. The molecular weight excluding hydrogens is 362 g/mol. The summed E-state index contributed by atoms with van der Waals surface area (Å²) in [6.45, 7) is -0.0203. The van der Waals surface area contributed by atoms with Crippen molar-refractivity contribution >= 4 is 22.6 Å². The Morgan fingerprint density at radius 3 is 2.36 bits per heavy atom. The highest BCUT2D eigenvalue weighted by Crippen LogP contribution is 2.14. The number of rotatable bonds is 6. The first-order valence-corrected chi connectivity index (χ1v) is 8.50. The van der Waals surface area contributed by atoms with Gasteiger partial charge in [-0.05, 0) is 23.8 Å². The van der Waals surface area contributed by atoms with Gasteiger partial charge in [0, 0.05) is 19.0 Å². The second kappa shape index (κ2) is 7.91. The van der Waals surface area contributed by atoms with E-state index in [4.69, 9.17) is 4.74 Å². The number of carboxylic acid groups (broad SMARTS) is 1. The quantitative estimate of drug-likeness (QED) is 0.698. The van der Waals surface area contributed by atoms with Crippen molar-refractivity contribution in [2.45, 2.75) is 13.1 Å². The van der Waals surface area contributed by atoms with Crippen molar-refractivity contribution in [3.63, 3.8) is 0 Å². The number of ether oxygens (including phenoxy) is 1. The SMILES string of the molecule is COc1ccc(CN(C)C(=O)Cn2nc(C(=O)O)c3ccccc3c2=O)cc1. The van der Waals surface area contributed by atoms with E-state index in [2.05, 4.69) is 5.10 Å². The van der Waals surface area contributed by atoms with E-state index in [1.807, 2.05) is 12.1 Å². The number of likely N-dealkylation sites (N-methyl/N-ethyl adjacent to an activating group) is 1. The zero-order valence-corrected chi connectivity index (χ0v) is 15.5. The molecule has 0 saturated carbocycles. The van der Waals surface area contributed by atoms with E-state index >= 15 is 0 Å². The van der Waals surface area contributed by atoms with Crippen molar-refractivity contribution in [1.29, 1.82) is 0 Å². The number of aromatic nitrogens is 2. The predicted molar refractivity (Wildman–Crippen MR) is 102 cm³/mol. The first-order valence-electron chi connectivity index (χ1n) is 8.50. The fourth-order valence-electron chi connectivity index (χ4n) is 2.84. The summed E-state index contributed by atoms with van der Waals surface area (Å²) in [6.07, 6.45) is 0. The lowest BCUT2D eigenvalue weighted by molar-refractivity contribution is -0.131. The van der Waals surface area contributed by atoms with Crippen LogP contribution in [-0.4, -0.2) is 45.8 Å². The van der Waals surface area contributed by atoms with Crippen LogP contribution >= 0.6 is 0 Å². The molecule has 144 valence electrons. The van der Waals surface area contributed by atoms with Gasteiger partial charge in [0.15, 0.2) is 5.69 Å². The maximum absolute atomic E-state index is 12.6. The molecule has 0 saturated heterocycles. The zero-order chi connectivity index (χ0) is 20.3. The van der Waals surface area contributed by atoms with E-state index in [1.54, 1.807) is 38.4 Å². The lowest BCUT2D eigenvalue weighted by Crippen LogP contribution is -2.35. The fourth-order valence-corrected chi connectivity index (χ4v) is 2.84. The second-order valence-electron chi connectivity index (χ2n) is 6.26. The third-order valence-electron chi connectivity index (χ3n) is 4.36. The number of methoxy groups -OCH3 is 1. The monoisotopic (exact) mass is 381 g/mol. The summed E-state index contributed by atoms with van der Waals surface area (Å²) in [5.41, 5.74) is 0.120. The number of hydrogen-bond donors (Lipinski definition) is 1. The van der Waals surface area contributed by atoms with Crippen molar-refractivity contribution in [3.05, 3.63) is 70.1 Å². The Balaban J connectivity index is 1.84. The largest absolute Gasteiger partial charge is 0.497 e. The molecule has 0 radical (unpaired) electrons. The van der Waals surface area contributed by atoms with Crippen LogP contribution in [0.15, 0.2) is 53.3 Å². The minimum Gasteiger partial charge on any atom is -0.497 e. The van der Waals surface area contributed by atoms with Crippen LogP contribution in [0.25, 0.3) is 10.8 Å². The molecule has 1 heterocycles. The van der Waals surface area contributed by atoms with Gasteiger partial charge < -0.3 is 14.7 Å². The molecule has 3 aromatic rings. The smallest absolute Gasteiger partial charge is 0.357 e. The van der Waals surface area contributed by atoms with Gasteiger partial charge in [0.2, 0.25) is 5.91 Å². The Labute approximate surface area is 160 Å². The molecule has 0 atom stereocenters. The fraction of sp³-hybridized carbons (Fsp3) is 0.200. The van der Waals surface area contributed by atoms with E-state index in [-0.39, 0.29) is 28.9 Å². The number of fused-ring (bicyclic) bond motifs is 1. The van der Waals surface area contributed by atoms with Gasteiger partial charge in [-0.25, -0.2) is 9.48 Å². The molecule has 1 amide bonds. The van der Waals surface area contributed by atoms with Crippen LogP contribution in [0.5, 0.6) is 5.75 Å². The molecular formula is C20H19N3O5. The first kappa shape index (κ1) is 19.1. The molecule has 28 heavy (non-hydrogen) atoms. The topological polar surface area (TPSA) is 102 Å². The summed E-state index contributed by atoms with van der Waals surface area (Å²) in [5.74, 6) is -0.910. The maximum Gasteiger partial charge on any atom is 0.357 e. The summed E-state index contributed by atoms with van der Waals surface area (Å²) in [6, 6.07) is 13.6. The van der Waals surface area contributed by atoms with E-state index in [0.29, 0.717) is 12.3 Å². The Hall–Kier alpha value is -3.68. The first-order chi connectivity index (χ1) is 13.4. The molecule has 0 aliphatic rings. The highest BCUT2D eigenvalue weighted by atomic mass is 16.5. The summed E-state index contributed by atoms with van der Waals surface area (Å²) >= 11 is 0. The predicted octanol–water partition coefficient (Wildman–Crippen LogP) is 1.76. The Kier molecular flexibility index (Phi) is 5.39. The van der Waals surface area contributed by atoms with Gasteiger partial charge in [0.25, 0.3) is 5.56 Å². The van der Waals surface area contributed by atoms with E-state index in [9.17, 15) is 19.5 Å². The lowest BCUT2D eigenvalue weighted by atomic mass is 10.1. The highest BCUT2D eigenvalue weighted by molar-refractivity contribution is 6.01. The van der Waals surface area contributed by atoms with Gasteiger partial charge in [-0.15, -0.1) is 0 Å². The lowest BCUT2D eigenvalue weighted by Gasteiger charge is -2.18. The van der Waals surface area contributed by atoms with Crippen LogP contribution in [0.1, 0.15) is 16.1 Å².